The maximum absolute atomic E-state index is 3.51. The van der Waals surface area contributed by atoms with Gasteiger partial charge in [0.05, 0.1) is 5.69 Å². The molecule has 1 heterocycles. The van der Waals surface area contributed by atoms with Crippen molar-refractivity contribution in [2.75, 3.05) is 5.32 Å². The molecule has 1 aromatic rings. The van der Waals surface area contributed by atoms with Crippen LogP contribution in [0.15, 0.2) is 22.7 Å². The number of nitrogens with one attached hydrogen (secondary N) is 1. The van der Waals surface area contributed by atoms with E-state index < -0.39 is 0 Å². The van der Waals surface area contributed by atoms with Gasteiger partial charge >= 0.3 is 0 Å². The molecule has 0 fully saturated rings. The second kappa shape index (κ2) is 2.52. The molecule has 1 atom stereocenters. The highest BCUT2D eigenvalue weighted by molar-refractivity contribution is 9.10. The molecule has 11 heavy (non-hydrogen) atoms. The minimum atomic E-state index is 0.587. The molecule has 58 valence electrons. The Balaban J connectivity index is 2.49. The molecular weight excluding hydrogens is 202 g/mol. The SMILES string of the molecule is C[C@H]1Cc2cccc(Br)c2N1. The van der Waals surface area contributed by atoms with Crippen LogP contribution in [0.3, 0.4) is 0 Å². The summed E-state index contributed by atoms with van der Waals surface area (Å²) in [7, 11) is 0. The molecule has 0 radical (unpaired) electrons. The summed E-state index contributed by atoms with van der Waals surface area (Å²) < 4.78 is 1.18. The van der Waals surface area contributed by atoms with Crippen LogP contribution in [0.25, 0.3) is 0 Å². The van der Waals surface area contributed by atoms with E-state index in [4.69, 9.17) is 0 Å². The second-order valence-corrected chi connectivity index (χ2v) is 3.88. The Morgan fingerprint density at radius 1 is 1.55 bits per heavy atom. The van der Waals surface area contributed by atoms with Crippen molar-refractivity contribution in [2.24, 2.45) is 0 Å². The molecule has 0 unspecified atom stereocenters. The van der Waals surface area contributed by atoms with Gasteiger partial charge in [0.25, 0.3) is 0 Å². The first kappa shape index (κ1) is 7.17. The molecule has 0 saturated heterocycles. The largest absolute Gasteiger partial charge is 0.381 e. The normalized spacial score (nSPS) is 21.1. The number of benzene rings is 1. The first-order valence-corrected chi connectivity index (χ1v) is 4.60. The lowest BCUT2D eigenvalue weighted by atomic mass is 10.1. The van der Waals surface area contributed by atoms with E-state index in [0.29, 0.717) is 6.04 Å². The summed E-state index contributed by atoms with van der Waals surface area (Å²) >= 11 is 3.51. The Morgan fingerprint density at radius 3 is 3.09 bits per heavy atom. The number of hydrogen-bond acceptors (Lipinski definition) is 1. The average molecular weight is 212 g/mol. The summed E-state index contributed by atoms with van der Waals surface area (Å²) in [4.78, 5) is 0. The Kier molecular flexibility index (Phi) is 1.64. The molecule has 1 nitrogen and oxygen atoms in total. The van der Waals surface area contributed by atoms with Crippen LogP contribution in [0.5, 0.6) is 0 Å². The van der Waals surface area contributed by atoms with Crippen molar-refractivity contribution < 1.29 is 0 Å². The molecule has 2 rings (SSSR count). The molecule has 1 aliphatic heterocycles. The predicted octanol–water partition coefficient (Wildman–Crippen LogP) is 2.81. The number of rotatable bonds is 0. The lowest BCUT2D eigenvalue weighted by molar-refractivity contribution is 0.839. The predicted molar refractivity (Wildman–Crippen MR) is 50.9 cm³/mol. The van der Waals surface area contributed by atoms with Crippen LogP contribution in [-0.4, -0.2) is 6.04 Å². The van der Waals surface area contributed by atoms with Crippen LogP contribution in [-0.2, 0) is 6.42 Å². The Bertz CT molecular complexity index is 283. The Labute approximate surface area is 74.9 Å². The molecule has 2 heteroatoms. The van der Waals surface area contributed by atoms with Crippen molar-refractivity contribution in [3.8, 4) is 0 Å². The van der Waals surface area contributed by atoms with Gasteiger partial charge in [-0.15, -0.1) is 0 Å². The lowest BCUT2D eigenvalue weighted by Gasteiger charge is -2.03. The molecule has 1 N–H and O–H groups in total. The Morgan fingerprint density at radius 2 is 2.36 bits per heavy atom. The quantitative estimate of drug-likeness (QED) is 0.697. The van der Waals surface area contributed by atoms with Gasteiger partial charge in [0.1, 0.15) is 0 Å². The highest BCUT2D eigenvalue weighted by Gasteiger charge is 2.17. The van der Waals surface area contributed by atoms with Crippen LogP contribution < -0.4 is 5.32 Å². The zero-order valence-corrected chi connectivity index (χ0v) is 7.98. The van der Waals surface area contributed by atoms with Gasteiger partial charge in [0, 0.05) is 10.5 Å². The summed E-state index contributed by atoms with van der Waals surface area (Å²) in [5.41, 5.74) is 2.70. The monoisotopic (exact) mass is 211 g/mol. The van der Waals surface area contributed by atoms with Crippen molar-refractivity contribution in [3.63, 3.8) is 0 Å². The molecule has 1 aliphatic rings. The zero-order chi connectivity index (χ0) is 7.84. The van der Waals surface area contributed by atoms with Gasteiger partial charge in [0.15, 0.2) is 0 Å². The number of para-hydroxylation sites is 1. The molecule has 0 aromatic heterocycles. The minimum absolute atomic E-state index is 0.587. The van der Waals surface area contributed by atoms with E-state index in [9.17, 15) is 0 Å². The van der Waals surface area contributed by atoms with E-state index in [1.54, 1.807) is 0 Å². The molecule has 0 amide bonds. The number of halogens is 1. The van der Waals surface area contributed by atoms with Crippen molar-refractivity contribution in [2.45, 2.75) is 19.4 Å². The highest BCUT2D eigenvalue weighted by Crippen LogP contribution is 2.32. The number of hydrogen-bond donors (Lipinski definition) is 1. The summed E-state index contributed by atoms with van der Waals surface area (Å²) in [5.74, 6) is 0. The summed E-state index contributed by atoms with van der Waals surface area (Å²) in [6.07, 6.45) is 1.15. The molecule has 0 aliphatic carbocycles. The summed E-state index contributed by atoms with van der Waals surface area (Å²) in [6.45, 7) is 2.20. The smallest absolute Gasteiger partial charge is 0.0520 e. The fourth-order valence-electron chi connectivity index (χ4n) is 1.53. The van der Waals surface area contributed by atoms with Crippen LogP contribution in [0.4, 0.5) is 5.69 Å². The van der Waals surface area contributed by atoms with Crippen molar-refractivity contribution in [3.05, 3.63) is 28.2 Å². The maximum Gasteiger partial charge on any atom is 0.0520 e. The van der Waals surface area contributed by atoms with Crippen molar-refractivity contribution >= 4 is 21.6 Å². The van der Waals surface area contributed by atoms with Gasteiger partial charge in [-0.1, -0.05) is 12.1 Å². The molecule has 0 saturated carbocycles. The van der Waals surface area contributed by atoms with Gasteiger partial charge < -0.3 is 5.32 Å². The maximum atomic E-state index is 3.51. The topological polar surface area (TPSA) is 12.0 Å². The van der Waals surface area contributed by atoms with E-state index >= 15 is 0 Å². The van der Waals surface area contributed by atoms with E-state index in [0.717, 1.165) is 6.42 Å². The fraction of sp³-hybridized carbons (Fsp3) is 0.333. The van der Waals surface area contributed by atoms with Gasteiger partial charge in [0.2, 0.25) is 0 Å². The molecule has 0 bridgehead atoms. The third kappa shape index (κ3) is 1.16. The number of anilines is 1. The van der Waals surface area contributed by atoms with E-state index in [2.05, 4.69) is 46.4 Å². The minimum Gasteiger partial charge on any atom is -0.381 e. The molecule has 1 aromatic carbocycles. The Hall–Kier alpha value is -0.500. The van der Waals surface area contributed by atoms with Crippen LogP contribution in [0, 0.1) is 0 Å². The highest BCUT2D eigenvalue weighted by atomic mass is 79.9. The lowest BCUT2D eigenvalue weighted by Crippen LogP contribution is -2.08. The first-order chi connectivity index (χ1) is 5.27. The second-order valence-electron chi connectivity index (χ2n) is 3.02. The standard InChI is InChI=1S/C9H10BrN/c1-6-5-7-3-2-4-8(10)9(7)11-6/h2-4,6,11H,5H2,1H3/t6-/m0/s1. The third-order valence-electron chi connectivity index (χ3n) is 2.02. The van der Waals surface area contributed by atoms with Gasteiger partial charge in [-0.05, 0) is 40.9 Å². The molecule has 0 spiro atoms. The summed E-state index contributed by atoms with van der Waals surface area (Å²) in [6, 6.07) is 6.92. The van der Waals surface area contributed by atoms with Crippen molar-refractivity contribution in [1.82, 2.24) is 0 Å². The van der Waals surface area contributed by atoms with E-state index in [1.807, 2.05) is 0 Å². The van der Waals surface area contributed by atoms with Crippen LogP contribution in [0.1, 0.15) is 12.5 Å². The van der Waals surface area contributed by atoms with Gasteiger partial charge in [-0.3, -0.25) is 0 Å². The zero-order valence-electron chi connectivity index (χ0n) is 6.39. The van der Waals surface area contributed by atoms with Gasteiger partial charge in [-0.25, -0.2) is 0 Å². The van der Waals surface area contributed by atoms with Crippen LogP contribution >= 0.6 is 15.9 Å². The van der Waals surface area contributed by atoms with Crippen LogP contribution in [0.2, 0.25) is 0 Å². The average Bonchev–Trinajstić information content (AvgIpc) is 2.31. The third-order valence-corrected chi connectivity index (χ3v) is 2.68. The molecular formula is C9H10BrN. The number of fused-ring (bicyclic) bond motifs is 1. The fourth-order valence-corrected chi connectivity index (χ4v) is 2.05. The van der Waals surface area contributed by atoms with E-state index in [1.165, 1.54) is 15.7 Å². The summed E-state index contributed by atoms with van der Waals surface area (Å²) in [5, 5.41) is 3.42. The van der Waals surface area contributed by atoms with Gasteiger partial charge in [-0.2, -0.15) is 0 Å². The van der Waals surface area contributed by atoms with E-state index in [-0.39, 0.29) is 0 Å². The first-order valence-electron chi connectivity index (χ1n) is 3.81. The van der Waals surface area contributed by atoms with Crippen molar-refractivity contribution in [1.29, 1.82) is 0 Å².